The Hall–Kier alpha value is -2.56. The quantitative estimate of drug-likeness (QED) is 0.891. The van der Waals surface area contributed by atoms with E-state index >= 15 is 0 Å². The number of hydrogen-bond acceptors (Lipinski definition) is 3. The maximum Gasteiger partial charge on any atom is 0.224 e. The number of hydrogen-bond donors (Lipinski definition) is 1. The van der Waals surface area contributed by atoms with Gasteiger partial charge in [0.05, 0.1) is 20.6 Å². The summed E-state index contributed by atoms with van der Waals surface area (Å²) in [6, 6.07) is 9.71. The first-order chi connectivity index (χ1) is 11.0. The van der Waals surface area contributed by atoms with Crippen LogP contribution in [-0.4, -0.2) is 20.1 Å². The number of benzene rings is 2. The summed E-state index contributed by atoms with van der Waals surface area (Å²) in [7, 11) is 3.14. The Morgan fingerprint density at radius 2 is 1.70 bits per heavy atom. The first-order valence-electron chi connectivity index (χ1n) is 7.26. The molecule has 0 radical (unpaired) electrons. The van der Waals surface area contributed by atoms with Crippen molar-refractivity contribution in [1.82, 2.24) is 5.32 Å². The molecule has 4 nitrogen and oxygen atoms in total. The van der Waals surface area contributed by atoms with E-state index in [0.29, 0.717) is 18.0 Å². The van der Waals surface area contributed by atoms with Crippen molar-refractivity contribution in [2.24, 2.45) is 0 Å². The van der Waals surface area contributed by atoms with Crippen molar-refractivity contribution in [3.8, 4) is 11.5 Å². The molecule has 23 heavy (non-hydrogen) atoms. The Morgan fingerprint density at radius 1 is 1.09 bits per heavy atom. The van der Waals surface area contributed by atoms with E-state index in [4.69, 9.17) is 9.47 Å². The molecule has 0 aromatic heterocycles. The number of rotatable bonds is 6. The third-order valence-electron chi connectivity index (χ3n) is 3.60. The number of aryl methyl sites for hydroxylation is 1. The molecule has 1 amide bonds. The summed E-state index contributed by atoms with van der Waals surface area (Å²) in [4.78, 5) is 12.1. The summed E-state index contributed by atoms with van der Waals surface area (Å²) in [5.74, 6) is 0.838. The molecule has 2 rings (SSSR count). The van der Waals surface area contributed by atoms with Crippen molar-refractivity contribution in [3.63, 3.8) is 0 Å². The summed E-state index contributed by atoms with van der Waals surface area (Å²) in [5.41, 5.74) is 2.68. The average Bonchev–Trinajstić information content (AvgIpc) is 2.55. The van der Waals surface area contributed by atoms with Gasteiger partial charge in [0.1, 0.15) is 5.82 Å². The second kappa shape index (κ2) is 7.63. The number of ether oxygens (including phenoxy) is 2. The third kappa shape index (κ3) is 4.45. The zero-order valence-corrected chi connectivity index (χ0v) is 13.5. The van der Waals surface area contributed by atoms with Crippen molar-refractivity contribution in [3.05, 3.63) is 58.9 Å². The molecule has 1 N–H and O–H groups in total. The smallest absolute Gasteiger partial charge is 0.224 e. The van der Waals surface area contributed by atoms with Crippen LogP contribution in [0.4, 0.5) is 4.39 Å². The van der Waals surface area contributed by atoms with Crippen LogP contribution < -0.4 is 14.8 Å². The fourth-order valence-corrected chi connectivity index (χ4v) is 2.25. The highest BCUT2D eigenvalue weighted by molar-refractivity contribution is 5.79. The van der Waals surface area contributed by atoms with Gasteiger partial charge < -0.3 is 14.8 Å². The van der Waals surface area contributed by atoms with Gasteiger partial charge in [-0.05, 0) is 47.9 Å². The SMILES string of the molecule is COc1cc(C)c(CC(=O)NCc2ccc(F)cc2)cc1OC. The third-order valence-corrected chi connectivity index (χ3v) is 3.60. The summed E-state index contributed by atoms with van der Waals surface area (Å²) in [5, 5.41) is 2.83. The van der Waals surface area contributed by atoms with Crippen LogP contribution in [0.2, 0.25) is 0 Å². The van der Waals surface area contributed by atoms with Gasteiger partial charge in [-0.1, -0.05) is 12.1 Å². The van der Waals surface area contributed by atoms with E-state index in [1.165, 1.54) is 12.1 Å². The highest BCUT2D eigenvalue weighted by atomic mass is 19.1. The van der Waals surface area contributed by atoms with E-state index in [0.717, 1.165) is 16.7 Å². The zero-order chi connectivity index (χ0) is 16.8. The molecule has 0 atom stereocenters. The number of carbonyl (C=O) groups is 1. The van der Waals surface area contributed by atoms with Gasteiger partial charge in [-0.25, -0.2) is 4.39 Å². The summed E-state index contributed by atoms with van der Waals surface area (Å²) in [6.07, 6.45) is 0.243. The minimum atomic E-state index is -0.291. The van der Waals surface area contributed by atoms with Crippen LogP contribution in [0.25, 0.3) is 0 Å². The van der Waals surface area contributed by atoms with Gasteiger partial charge in [-0.3, -0.25) is 4.79 Å². The van der Waals surface area contributed by atoms with E-state index in [9.17, 15) is 9.18 Å². The Bertz CT molecular complexity index is 683. The average molecular weight is 317 g/mol. The summed E-state index contributed by atoms with van der Waals surface area (Å²) >= 11 is 0. The van der Waals surface area contributed by atoms with Crippen molar-refractivity contribution in [2.75, 3.05) is 14.2 Å². The Balaban J connectivity index is 2.01. The van der Waals surface area contributed by atoms with Gasteiger partial charge in [0.2, 0.25) is 5.91 Å². The van der Waals surface area contributed by atoms with Crippen LogP contribution in [0, 0.1) is 12.7 Å². The molecular formula is C18H20FNO3. The zero-order valence-electron chi connectivity index (χ0n) is 13.5. The van der Waals surface area contributed by atoms with Gasteiger partial charge in [-0.15, -0.1) is 0 Å². The summed E-state index contributed by atoms with van der Waals surface area (Å²) < 4.78 is 23.3. The van der Waals surface area contributed by atoms with Crippen LogP contribution in [0.1, 0.15) is 16.7 Å². The Morgan fingerprint density at radius 3 is 2.30 bits per heavy atom. The van der Waals surface area contributed by atoms with Gasteiger partial charge >= 0.3 is 0 Å². The number of nitrogens with one attached hydrogen (secondary N) is 1. The molecule has 0 spiro atoms. The molecule has 0 heterocycles. The first kappa shape index (κ1) is 16.8. The van der Waals surface area contributed by atoms with Crippen molar-refractivity contribution >= 4 is 5.91 Å². The molecule has 2 aromatic rings. The fourth-order valence-electron chi connectivity index (χ4n) is 2.25. The van der Waals surface area contributed by atoms with E-state index in [1.54, 1.807) is 26.4 Å². The molecule has 0 aliphatic carbocycles. The topological polar surface area (TPSA) is 47.6 Å². The van der Waals surface area contributed by atoms with Gasteiger partial charge in [0, 0.05) is 6.54 Å². The highest BCUT2D eigenvalue weighted by Crippen LogP contribution is 2.30. The second-order valence-corrected chi connectivity index (χ2v) is 5.21. The van der Waals surface area contributed by atoms with Crippen molar-refractivity contribution in [1.29, 1.82) is 0 Å². The number of halogens is 1. The largest absolute Gasteiger partial charge is 0.493 e. The minimum absolute atomic E-state index is 0.107. The predicted molar refractivity (Wildman–Crippen MR) is 86.2 cm³/mol. The second-order valence-electron chi connectivity index (χ2n) is 5.21. The first-order valence-corrected chi connectivity index (χ1v) is 7.26. The molecule has 0 saturated carbocycles. The van der Waals surface area contributed by atoms with Crippen LogP contribution in [0.15, 0.2) is 36.4 Å². The molecule has 122 valence electrons. The van der Waals surface area contributed by atoms with Crippen LogP contribution in [0.3, 0.4) is 0 Å². The minimum Gasteiger partial charge on any atom is -0.493 e. The van der Waals surface area contributed by atoms with E-state index in [2.05, 4.69) is 5.32 Å². The lowest BCUT2D eigenvalue weighted by Gasteiger charge is -2.13. The number of methoxy groups -OCH3 is 2. The molecule has 5 heteroatoms. The molecule has 0 aliphatic rings. The number of carbonyl (C=O) groups excluding carboxylic acids is 1. The van der Waals surface area contributed by atoms with Gasteiger partial charge in [-0.2, -0.15) is 0 Å². The maximum absolute atomic E-state index is 12.8. The van der Waals surface area contributed by atoms with Gasteiger partial charge in [0.25, 0.3) is 0 Å². The van der Waals surface area contributed by atoms with E-state index < -0.39 is 0 Å². The molecule has 0 saturated heterocycles. The van der Waals surface area contributed by atoms with E-state index in [-0.39, 0.29) is 18.1 Å². The monoisotopic (exact) mass is 317 g/mol. The lowest BCUT2D eigenvalue weighted by molar-refractivity contribution is -0.120. The summed E-state index contributed by atoms with van der Waals surface area (Å²) in [6.45, 7) is 2.29. The lowest BCUT2D eigenvalue weighted by atomic mass is 10.0. The van der Waals surface area contributed by atoms with Gasteiger partial charge in [0.15, 0.2) is 11.5 Å². The molecule has 0 fully saturated rings. The molecule has 0 unspecified atom stereocenters. The van der Waals surface area contributed by atoms with Crippen LogP contribution in [0.5, 0.6) is 11.5 Å². The van der Waals surface area contributed by atoms with Crippen molar-refractivity contribution < 1.29 is 18.7 Å². The predicted octanol–water partition coefficient (Wildman–Crippen LogP) is 3.01. The molecular weight excluding hydrogens is 297 g/mol. The molecule has 0 bridgehead atoms. The van der Waals surface area contributed by atoms with Crippen LogP contribution in [-0.2, 0) is 17.8 Å². The standard InChI is InChI=1S/C18H20FNO3/c1-12-8-16(22-2)17(23-3)9-14(12)10-18(21)20-11-13-4-6-15(19)7-5-13/h4-9H,10-11H2,1-3H3,(H,20,21). The fraction of sp³-hybridized carbons (Fsp3) is 0.278. The molecule has 2 aromatic carbocycles. The Kier molecular flexibility index (Phi) is 5.57. The normalized spacial score (nSPS) is 10.3. The lowest BCUT2D eigenvalue weighted by Crippen LogP contribution is -2.24. The number of amides is 1. The maximum atomic E-state index is 12.8. The highest BCUT2D eigenvalue weighted by Gasteiger charge is 2.11. The van der Waals surface area contributed by atoms with E-state index in [1.807, 2.05) is 19.1 Å². The molecule has 0 aliphatic heterocycles. The van der Waals surface area contributed by atoms with Crippen LogP contribution >= 0.6 is 0 Å². The Labute approximate surface area is 135 Å². The van der Waals surface area contributed by atoms with Crippen molar-refractivity contribution in [2.45, 2.75) is 19.9 Å².